The second-order valence-electron chi connectivity index (χ2n) is 10.9. The van der Waals surface area contributed by atoms with Gasteiger partial charge < -0.3 is 9.80 Å². The number of anilines is 2. The first kappa shape index (κ1) is 27.5. The molecule has 218 valence electrons. The van der Waals surface area contributed by atoms with Crippen LogP contribution in [0, 0.1) is 5.82 Å². The molecule has 1 saturated heterocycles. The Hall–Kier alpha value is -3.70. The number of halogens is 6. The lowest BCUT2D eigenvalue weighted by atomic mass is 9.96. The molecule has 6 nitrogen and oxygen atoms in total. The van der Waals surface area contributed by atoms with E-state index in [1.165, 1.54) is 35.2 Å². The highest BCUT2D eigenvalue weighted by atomic mass is 19.4. The van der Waals surface area contributed by atoms with Gasteiger partial charge in [-0.25, -0.2) is 18.0 Å². The molecule has 0 radical (unpaired) electrons. The summed E-state index contributed by atoms with van der Waals surface area (Å²) in [5.41, 5.74) is -0.606. The van der Waals surface area contributed by atoms with Crippen LogP contribution in [0.25, 0.3) is 0 Å². The van der Waals surface area contributed by atoms with Gasteiger partial charge in [-0.3, -0.25) is 9.58 Å². The Bertz CT molecular complexity index is 1440. The van der Waals surface area contributed by atoms with Crippen molar-refractivity contribution in [2.24, 2.45) is 0 Å². The third-order valence-electron chi connectivity index (χ3n) is 8.31. The van der Waals surface area contributed by atoms with Crippen molar-refractivity contribution in [2.45, 2.75) is 69.9 Å². The molecule has 1 aliphatic carbocycles. The first-order valence-electron chi connectivity index (χ1n) is 13.7. The molecule has 2 amide bonds. The van der Waals surface area contributed by atoms with Crippen molar-refractivity contribution in [1.29, 1.82) is 0 Å². The van der Waals surface area contributed by atoms with Gasteiger partial charge in [0.05, 0.1) is 29.9 Å². The summed E-state index contributed by atoms with van der Waals surface area (Å²) in [6, 6.07) is 7.82. The molecule has 0 bridgehead atoms. The highest BCUT2D eigenvalue weighted by Crippen LogP contribution is 2.44. The summed E-state index contributed by atoms with van der Waals surface area (Å²) in [5.74, 6) is -0.372. The zero-order valence-corrected chi connectivity index (χ0v) is 22.3. The molecule has 2 fully saturated rings. The summed E-state index contributed by atoms with van der Waals surface area (Å²) in [5, 5.41) is 4.64. The van der Waals surface area contributed by atoms with E-state index in [1.54, 1.807) is 14.5 Å². The van der Waals surface area contributed by atoms with Crippen LogP contribution >= 0.6 is 0 Å². The molecule has 2 aromatic carbocycles. The number of aromatic nitrogens is 2. The van der Waals surface area contributed by atoms with Gasteiger partial charge in [-0.05, 0) is 50.3 Å². The summed E-state index contributed by atoms with van der Waals surface area (Å²) in [6.07, 6.45) is -2.90. The summed E-state index contributed by atoms with van der Waals surface area (Å²) < 4.78 is 85.2. The van der Waals surface area contributed by atoms with Crippen LogP contribution in [0.1, 0.15) is 73.4 Å². The molecule has 0 N–H and O–H groups in total. The number of nitrogens with zero attached hydrogens (tertiary/aromatic N) is 5. The zero-order valence-electron chi connectivity index (χ0n) is 22.3. The highest BCUT2D eigenvalue weighted by molar-refractivity contribution is 5.94. The van der Waals surface area contributed by atoms with Crippen molar-refractivity contribution in [3.8, 4) is 0 Å². The van der Waals surface area contributed by atoms with E-state index >= 15 is 0 Å². The van der Waals surface area contributed by atoms with Crippen LogP contribution in [-0.2, 0) is 12.7 Å². The SMILES string of the molecule is C[C@H]1c2cn(C3CC3)nc2N(Cc2ccccc2C(F)(F)F)C(=O)N1C1CCN(c2c(F)cccc2C(F)F)CC1. The lowest BCUT2D eigenvalue weighted by Gasteiger charge is -2.46. The minimum atomic E-state index is -4.59. The minimum Gasteiger partial charge on any atom is -0.369 e. The molecular weight excluding hydrogens is 548 g/mol. The van der Waals surface area contributed by atoms with E-state index < -0.39 is 36.1 Å². The number of amides is 2. The second-order valence-corrected chi connectivity index (χ2v) is 10.9. The second kappa shape index (κ2) is 10.3. The molecule has 0 unspecified atom stereocenters. The summed E-state index contributed by atoms with van der Waals surface area (Å²) >= 11 is 0. The molecule has 2 aliphatic heterocycles. The lowest BCUT2D eigenvalue weighted by molar-refractivity contribution is -0.138. The number of carbonyl (C=O) groups is 1. The normalized spacial score (nSPS) is 20.2. The molecule has 41 heavy (non-hydrogen) atoms. The predicted octanol–water partition coefficient (Wildman–Crippen LogP) is 7.49. The van der Waals surface area contributed by atoms with Crippen molar-refractivity contribution in [2.75, 3.05) is 22.9 Å². The van der Waals surface area contributed by atoms with E-state index in [4.69, 9.17) is 0 Å². The third kappa shape index (κ3) is 5.01. The molecule has 12 heteroatoms. The maximum atomic E-state index is 14.6. The van der Waals surface area contributed by atoms with Crippen LogP contribution in [-0.4, -0.2) is 39.8 Å². The van der Waals surface area contributed by atoms with E-state index in [-0.39, 0.29) is 48.5 Å². The van der Waals surface area contributed by atoms with Gasteiger partial charge in [-0.15, -0.1) is 0 Å². The average molecular weight is 578 g/mol. The predicted molar refractivity (Wildman–Crippen MR) is 140 cm³/mol. The van der Waals surface area contributed by atoms with Crippen molar-refractivity contribution < 1.29 is 31.1 Å². The van der Waals surface area contributed by atoms with Crippen LogP contribution in [0.15, 0.2) is 48.7 Å². The van der Waals surface area contributed by atoms with Crippen molar-refractivity contribution in [1.82, 2.24) is 14.7 Å². The molecular formula is C29H29F6N5O. The van der Waals surface area contributed by atoms with Gasteiger partial charge in [0.25, 0.3) is 6.43 Å². The van der Waals surface area contributed by atoms with Gasteiger partial charge in [0.1, 0.15) is 5.82 Å². The number of hydrogen-bond acceptors (Lipinski definition) is 3. The highest BCUT2D eigenvalue weighted by Gasteiger charge is 2.44. The molecule has 3 heterocycles. The van der Waals surface area contributed by atoms with Crippen molar-refractivity contribution in [3.05, 3.63) is 76.7 Å². The van der Waals surface area contributed by atoms with Crippen LogP contribution in [0.4, 0.5) is 42.6 Å². The molecule has 1 atom stereocenters. The summed E-state index contributed by atoms with van der Waals surface area (Å²) in [4.78, 5) is 18.6. The smallest absolute Gasteiger partial charge is 0.369 e. The van der Waals surface area contributed by atoms with Crippen LogP contribution in [0.2, 0.25) is 0 Å². The third-order valence-corrected chi connectivity index (χ3v) is 8.31. The molecule has 0 spiro atoms. The number of para-hydroxylation sites is 1. The quantitative estimate of drug-likeness (QED) is 0.285. The standard InChI is InChI=1S/C29H29F6N5O/c1-17-22-16-39(19-9-10-19)36-27(22)38(15-18-5-2-3-7-23(18)29(33,34)35)28(41)40(17)20-11-13-37(14-12-20)25-21(26(31)32)6-4-8-24(25)30/h2-8,16-17,19-20,26H,9-15H2,1H3/t17-/m0/s1. The van der Waals surface area contributed by atoms with Gasteiger partial charge in [-0.2, -0.15) is 18.3 Å². The topological polar surface area (TPSA) is 44.6 Å². The largest absolute Gasteiger partial charge is 0.416 e. The maximum absolute atomic E-state index is 14.6. The molecule has 1 aromatic heterocycles. The summed E-state index contributed by atoms with van der Waals surface area (Å²) in [7, 11) is 0. The Kier molecular flexibility index (Phi) is 6.89. The van der Waals surface area contributed by atoms with Crippen LogP contribution < -0.4 is 9.80 Å². The Morgan fingerprint density at radius 3 is 2.34 bits per heavy atom. The number of benzene rings is 2. The fourth-order valence-electron chi connectivity index (χ4n) is 6.10. The Balaban J connectivity index is 1.30. The number of fused-ring (bicyclic) bond motifs is 1. The number of piperidine rings is 1. The first-order chi connectivity index (χ1) is 19.5. The maximum Gasteiger partial charge on any atom is 0.416 e. The fourth-order valence-corrected chi connectivity index (χ4v) is 6.10. The number of alkyl halides is 5. The van der Waals surface area contributed by atoms with Gasteiger partial charge in [0, 0.05) is 36.5 Å². The Labute approximate surface area is 233 Å². The molecule has 3 aliphatic rings. The van der Waals surface area contributed by atoms with Crippen LogP contribution in [0.5, 0.6) is 0 Å². The van der Waals surface area contributed by atoms with Crippen molar-refractivity contribution in [3.63, 3.8) is 0 Å². The number of carbonyl (C=O) groups excluding carboxylic acids is 1. The van der Waals surface area contributed by atoms with E-state index in [9.17, 15) is 31.1 Å². The fraction of sp³-hybridized carbons (Fsp3) is 0.448. The van der Waals surface area contributed by atoms with E-state index in [0.717, 1.165) is 30.5 Å². The number of rotatable bonds is 6. The van der Waals surface area contributed by atoms with Gasteiger partial charge in [0.2, 0.25) is 0 Å². The van der Waals surface area contributed by atoms with Crippen molar-refractivity contribution >= 4 is 17.5 Å². The molecule has 6 rings (SSSR count). The average Bonchev–Trinajstić information content (AvgIpc) is 3.69. The summed E-state index contributed by atoms with van der Waals surface area (Å²) in [6.45, 7) is 2.05. The van der Waals surface area contributed by atoms with E-state index in [1.807, 2.05) is 13.1 Å². The molecule has 3 aromatic rings. The number of urea groups is 1. The van der Waals surface area contributed by atoms with Gasteiger partial charge >= 0.3 is 12.2 Å². The lowest BCUT2D eigenvalue weighted by Crippen LogP contribution is -2.55. The Morgan fingerprint density at radius 1 is 0.976 bits per heavy atom. The first-order valence-corrected chi connectivity index (χ1v) is 13.7. The van der Waals surface area contributed by atoms with Gasteiger partial charge in [0.15, 0.2) is 5.82 Å². The van der Waals surface area contributed by atoms with Crippen LogP contribution in [0.3, 0.4) is 0 Å². The van der Waals surface area contributed by atoms with Gasteiger partial charge in [-0.1, -0.05) is 30.3 Å². The Morgan fingerprint density at radius 2 is 1.68 bits per heavy atom. The number of hydrogen-bond donors (Lipinski definition) is 0. The zero-order chi connectivity index (χ0) is 29.1. The van der Waals surface area contributed by atoms with E-state index in [2.05, 4.69) is 5.10 Å². The molecule has 1 saturated carbocycles. The monoisotopic (exact) mass is 577 g/mol. The minimum absolute atomic E-state index is 0.0383. The van der Waals surface area contributed by atoms with E-state index in [0.29, 0.717) is 18.7 Å².